The molecule has 15 rings (SSSR count). The zero-order chi connectivity index (χ0) is 48.7. The van der Waals surface area contributed by atoms with Gasteiger partial charge >= 0.3 is 0 Å². The summed E-state index contributed by atoms with van der Waals surface area (Å²) in [6.45, 7) is 0. The molecule has 0 fully saturated rings. The largest absolute Gasteiger partial charge is 0.307 e. The van der Waals surface area contributed by atoms with Crippen molar-refractivity contribution < 1.29 is 0 Å². The van der Waals surface area contributed by atoms with E-state index in [1.807, 2.05) is 18.2 Å². The summed E-state index contributed by atoms with van der Waals surface area (Å²) in [5, 5.41) is 10.2. The number of fused-ring (bicyclic) bond motifs is 13. The van der Waals surface area contributed by atoms with Crippen molar-refractivity contribution in [3.05, 3.63) is 254 Å². The molecule has 0 atom stereocenters. The Labute approximate surface area is 428 Å². The molecule has 0 saturated heterocycles. The maximum Gasteiger partial charge on any atom is 0.238 e. The summed E-state index contributed by atoms with van der Waals surface area (Å²) >= 11 is 0. The van der Waals surface area contributed by atoms with Crippen LogP contribution in [0.3, 0.4) is 0 Å². The lowest BCUT2D eigenvalue weighted by molar-refractivity contribution is 0.879. The van der Waals surface area contributed by atoms with Crippen molar-refractivity contribution in [1.29, 1.82) is 0 Å². The molecule has 3 heterocycles. The summed E-state index contributed by atoms with van der Waals surface area (Å²) < 4.78 is 4.82. The molecule has 10 aromatic carbocycles. The molecule has 13 aromatic rings. The van der Waals surface area contributed by atoms with Crippen LogP contribution in [0.5, 0.6) is 0 Å². The second kappa shape index (κ2) is 17.1. The van der Waals surface area contributed by atoms with Gasteiger partial charge < -0.3 is 4.57 Å². The van der Waals surface area contributed by atoms with Crippen molar-refractivity contribution in [1.82, 2.24) is 24.1 Å². The van der Waals surface area contributed by atoms with Crippen LogP contribution in [0.2, 0.25) is 0 Å². The van der Waals surface area contributed by atoms with Gasteiger partial charge in [0.05, 0.1) is 22.4 Å². The monoisotopic (exact) mass is 945 g/mol. The minimum absolute atomic E-state index is 0.619. The standard InChI is InChI=1S/C69H47N5/c1-3-18-44(19-4-1)67-70-68(45-20-5-2-6-21-45)72-69(71-67)74-64-35-14-12-33-59(64)61-39-38-60-58-32-11-13-34-63(58)73(65(60)66(61)74)52-27-17-26-50(42-52)48-24-15-22-46(40-48)47-23-16-25-49(41-47)51-36-37-57-55-30-8-7-28-53(55)54-29-9-10-31-56(54)62(57)43-51/h1,3-5,7-37,40-43H,2,6,38-39H2. The molecule has 0 amide bonds. The predicted molar refractivity (Wildman–Crippen MR) is 307 cm³/mol. The van der Waals surface area contributed by atoms with E-state index in [2.05, 4.69) is 228 Å². The molecule has 5 heteroatoms. The Morgan fingerprint density at radius 2 is 0.797 bits per heavy atom. The van der Waals surface area contributed by atoms with Crippen molar-refractivity contribution in [3.8, 4) is 67.8 Å². The summed E-state index contributed by atoms with van der Waals surface area (Å²) in [6.07, 6.45) is 10.4. The molecule has 74 heavy (non-hydrogen) atoms. The Kier molecular flexibility index (Phi) is 9.77. The van der Waals surface area contributed by atoms with Crippen LogP contribution in [-0.2, 0) is 12.8 Å². The fourth-order valence-electron chi connectivity index (χ4n) is 12.1. The number of benzene rings is 10. The Balaban J connectivity index is 0.861. The van der Waals surface area contributed by atoms with Gasteiger partial charge in [-0.15, -0.1) is 0 Å². The predicted octanol–water partition coefficient (Wildman–Crippen LogP) is 17.4. The number of aryl methyl sites for hydroxylation is 2. The second-order valence-corrected chi connectivity index (χ2v) is 19.7. The fourth-order valence-corrected chi connectivity index (χ4v) is 12.1. The van der Waals surface area contributed by atoms with Gasteiger partial charge in [-0.05, 0) is 145 Å². The average Bonchev–Trinajstić information content (AvgIpc) is 4.01. The summed E-state index contributed by atoms with van der Waals surface area (Å²) in [6, 6.07) is 79.7. The molecule has 5 nitrogen and oxygen atoms in total. The second-order valence-electron chi connectivity index (χ2n) is 19.7. The molecule has 0 saturated carbocycles. The number of hydrogen-bond donors (Lipinski definition) is 0. The van der Waals surface area contributed by atoms with E-state index in [0.29, 0.717) is 17.6 Å². The maximum atomic E-state index is 5.37. The summed E-state index contributed by atoms with van der Waals surface area (Å²) in [7, 11) is 0. The Bertz CT molecular complexity index is 4460. The number of rotatable bonds is 7. The van der Waals surface area contributed by atoms with Crippen LogP contribution in [0.15, 0.2) is 237 Å². The highest BCUT2D eigenvalue weighted by Gasteiger charge is 2.32. The van der Waals surface area contributed by atoms with Crippen molar-refractivity contribution >= 4 is 59.7 Å². The third kappa shape index (κ3) is 6.81. The van der Waals surface area contributed by atoms with E-state index in [0.717, 1.165) is 64.8 Å². The molecule has 348 valence electrons. The van der Waals surface area contributed by atoms with Gasteiger partial charge in [0.2, 0.25) is 5.95 Å². The van der Waals surface area contributed by atoms with Crippen molar-refractivity contribution in [2.75, 3.05) is 0 Å². The summed E-state index contributed by atoms with van der Waals surface area (Å²) in [5.74, 6) is 1.96. The van der Waals surface area contributed by atoms with E-state index < -0.39 is 0 Å². The van der Waals surface area contributed by atoms with Gasteiger partial charge in [0.1, 0.15) is 0 Å². The Morgan fingerprint density at radius 3 is 1.41 bits per heavy atom. The molecule has 2 aliphatic carbocycles. The van der Waals surface area contributed by atoms with Crippen LogP contribution < -0.4 is 0 Å². The van der Waals surface area contributed by atoms with Crippen molar-refractivity contribution in [2.45, 2.75) is 25.7 Å². The molecule has 0 aliphatic heterocycles. The molecule has 0 N–H and O–H groups in total. The van der Waals surface area contributed by atoms with Crippen LogP contribution in [0, 0.1) is 0 Å². The van der Waals surface area contributed by atoms with Gasteiger partial charge in [-0.2, -0.15) is 9.97 Å². The average molecular weight is 946 g/mol. The number of allylic oxidation sites excluding steroid dienone is 4. The zero-order valence-corrected chi connectivity index (χ0v) is 40.6. The van der Waals surface area contributed by atoms with Crippen LogP contribution in [0.1, 0.15) is 29.8 Å². The summed E-state index contributed by atoms with van der Waals surface area (Å²) in [4.78, 5) is 15.8. The van der Waals surface area contributed by atoms with E-state index in [4.69, 9.17) is 15.0 Å². The van der Waals surface area contributed by atoms with Gasteiger partial charge in [-0.3, -0.25) is 4.57 Å². The number of nitrogens with zero attached hydrogens (tertiary/aromatic N) is 5. The maximum absolute atomic E-state index is 5.37. The minimum Gasteiger partial charge on any atom is -0.307 e. The van der Waals surface area contributed by atoms with E-state index in [-0.39, 0.29) is 0 Å². The van der Waals surface area contributed by atoms with E-state index >= 15 is 0 Å². The Hall–Kier alpha value is -9.45. The number of hydrogen-bond acceptors (Lipinski definition) is 3. The molecule has 0 unspecified atom stereocenters. The van der Waals surface area contributed by atoms with Crippen LogP contribution in [0.25, 0.3) is 127 Å². The smallest absolute Gasteiger partial charge is 0.238 e. The first-order valence-electron chi connectivity index (χ1n) is 25.8. The highest BCUT2D eigenvalue weighted by atomic mass is 15.2. The summed E-state index contributed by atoms with van der Waals surface area (Å²) in [5.41, 5.74) is 17.4. The molecule has 0 radical (unpaired) electrons. The fraction of sp³-hybridized carbons (Fsp3) is 0.0580. The molecule has 2 aliphatic rings. The van der Waals surface area contributed by atoms with Crippen molar-refractivity contribution in [2.24, 2.45) is 0 Å². The van der Waals surface area contributed by atoms with Gasteiger partial charge in [-0.1, -0.05) is 194 Å². The molecule has 0 spiro atoms. The quantitative estimate of drug-likeness (QED) is 0.150. The van der Waals surface area contributed by atoms with Gasteiger partial charge in [0.25, 0.3) is 0 Å². The van der Waals surface area contributed by atoms with Gasteiger partial charge in [-0.25, -0.2) is 4.98 Å². The lowest BCUT2D eigenvalue weighted by Crippen LogP contribution is -2.13. The van der Waals surface area contributed by atoms with Gasteiger partial charge in [0, 0.05) is 27.6 Å². The highest BCUT2D eigenvalue weighted by molar-refractivity contribution is 6.25. The lowest BCUT2D eigenvalue weighted by Gasteiger charge is -2.21. The first-order chi connectivity index (χ1) is 36.7. The van der Waals surface area contributed by atoms with E-state index in [9.17, 15) is 0 Å². The number of para-hydroxylation sites is 2. The van der Waals surface area contributed by atoms with Crippen LogP contribution in [0.4, 0.5) is 0 Å². The normalized spacial score (nSPS) is 13.2. The third-order valence-corrected chi connectivity index (χ3v) is 15.5. The topological polar surface area (TPSA) is 48.5 Å². The molecule has 3 aromatic heterocycles. The minimum atomic E-state index is 0.619. The number of aromatic nitrogens is 5. The van der Waals surface area contributed by atoms with Crippen LogP contribution >= 0.6 is 0 Å². The zero-order valence-electron chi connectivity index (χ0n) is 40.6. The molecule has 0 bridgehead atoms. The van der Waals surface area contributed by atoms with Crippen molar-refractivity contribution in [3.63, 3.8) is 0 Å². The first kappa shape index (κ1) is 42.3. The highest BCUT2D eigenvalue weighted by Crippen LogP contribution is 2.47. The van der Waals surface area contributed by atoms with E-state index in [1.54, 1.807) is 0 Å². The third-order valence-electron chi connectivity index (χ3n) is 15.5. The first-order valence-corrected chi connectivity index (χ1v) is 25.8. The van der Waals surface area contributed by atoms with Crippen LogP contribution in [-0.4, -0.2) is 24.1 Å². The lowest BCUT2D eigenvalue weighted by atomic mass is 9.91. The van der Waals surface area contributed by atoms with E-state index in [1.165, 1.54) is 87.7 Å². The molecular formula is C69H47N5. The SMILES string of the molecule is C1=CC(c2nc(-c3ccccc3)nc(-n3c4c(c5ccccc53)CCc3c-4n(-c4cccc(-c5cccc(-c6cccc(-c7ccc8c9ccccc9c9ccccc9c8c7)c6)c5)c4)c4ccccc34)n2)=CCC1. The van der Waals surface area contributed by atoms with Gasteiger partial charge in [0.15, 0.2) is 11.6 Å². The molecular weight excluding hydrogens is 899 g/mol. The Morgan fingerprint density at radius 1 is 0.324 bits per heavy atom.